The smallest absolute Gasteiger partial charge is 0.250 e. The number of halogens is 1. The van der Waals surface area contributed by atoms with Gasteiger partial charge in [-0.3, -0.25) is 9.78 Å². The van der Waals surface area contributed by atoms with Crippen LogP contribution in [0.25, 0.3) is 11.4 Å². The van der Waals surface area contributed by atoms with E-state index >= 15 is 0 Å². The Morgan fingerprint density at radius 2 is 2.04 bits per heavy atom. The molecule has 7 nitrogen and oxygen atoms in total. The summed E-state index contributed by atoms with van der Waals surface area (Å²) in [4.78, 5) is 16.3. The maximum absolute atomic E-state index is 12.0. The largest absolute Gasteiger partial charge is 0.305 e. The van der Waals surface area contributed by atoms with Gasteiger partial charge >= 0.3 is 0 Å². The minimum Gasteiger partial charge on any atom is -0.305 e. The minimum absolute atomic E-state index is 0.185. The molecule has 0 aliphatic rings. The highest BCUT2D eigenvalue weighted by molar-refractivity contribution is 9.10. The SMILES string of the molecule is Cc1cccc(/C=N\NC(=O)CSc2nnc(-c3ccc(Br)cc3)n2C)n1. The zero-order valence-corrected chi connectivity index (χ0v) is 17.2. The molecular formula is C18H17BrN6OS. The average Bonchev–Trinajstić information content (AvgIpc) is 3.01. The number of nitrogens with one attached hydrogen (secondary N) is 1. The zero-order chi connectivity index (χ0) is 19.2. The van der Waals surface area contributed by atoms with E-state index in [-0.39, 0.29) is 11.7 Å². The molecule has 0 radical (unpaired) electrons. The van der Waals surface area contributed by atoms with Gasteiger partial charge in [0.25, 0.3) is 5.91 Å². The molecule has 2 aromatic heterocycles. The first-order valence-electron chi connectivity index (χ1n) is 8.06. The Labute approximate surface area is 169 Å². The van der Waals surface area contributed by atoms with Gasteiger partial charge in [0, 0.05) is 22.8 Å². The van der Waals surface area contributed by atoms with Gasteiger partial charge in [-0.15, -0.1) is 10.2 Å². The van der Waals surface area contributed by atoms with Crippen LogP contribution in [-0.4, -0.2) is 37.6 Å². The maximum Gasteiger partial charge on any atom is 0.250 e. The van der Waals surface area contributed by atoms with E-state index in [1.165, 1.54) is 18.0 Å². The van der Waals surface area contributed by atoms with Crippen LogP contribution in [0, 0.1) is 6.92 Å². The van der Waals surface area contributed by atoms with Crippen molar-refractivity contribution in [3.63, 3.8) is 0 Å². The fourth-order valence-electron chi connectivity index (χ4n) is 2.26. The minimum atomic E-state index is -0.225. The molecule has 3 aromatic rings. The van der Waals surface area contributed by atoms with E-state index in [1.54, 1.807) is 0 Å². The van der Waals surface area contributed by atoms with Gasteiger partial charge in [-0.1, -0.05) is 45.9 Å². The average molecular weight is 445 g/mol. The van der Waals surface area contributed by atoms with E-state index in [4.69, 9.17) is 0 Å². The molecular weight excluding hydrogens is 428 g/mol. The number of amides is 1. The summed E-state index contributed by atoms with van der Waals surface area (Å²) in [5.41, 5.74) is 5.03. The van der Waals surface area contributed by atoms with Crippen molar-refractivity contribution in [3.05, 3.63) is 58.3 Å². The first-order valence-corrected chi connectivity index (χ1v) is 9.84. The van der Waals surface area contributed by atoms with Crippen molar-refractivity contribution >= 4 is 39.8 Å². The second-order valence-electron chi connectivity index (χ2n) is 5.66. The van der Waals surface area contributed by atoms with Crippen LogP contribution in [-0.2, 0) is 11.8 Å². The molecule has 1 amide bonds. The number of aryl methyl sites for hydroxylation is 1. The van der Waals surface area contributed by atoms with Gasteiger partial charge in [-0.2, -0.15) is 5.10 Å². The van der Waals surface area contributed by atoms with Gasteiger partial charge in [0.05, 0.1) is 17.7 Å². The molecule has 0 aliphatic heterocycles. The number of pyridine rings is 1. The van der Waals surface area contributed by atoms with Gasteiger partial charge in [-0.05, 0) is 31.2 Å². The Morgan fingerprint density at radius 1 is 1.26 bits per heavy atom. The predicted molar refractivity (Wildman–Crippen MR) is 110 cm³/mol. The van der Waals surface area contributed by atoms with Crippen molar-refractivity contribution < 1.29 is 4.79 Å². The number of rotatable bonds is 6. The Hall–Kier alpha value is -2.52. The number of benzene rings is 1. The molecule has 138 valence electrons. The molecule has 2 heterocycles. The third-order valence-corrected chi connectivity index (χ3v) is 5.11. The van der Waals surface area contributed by atoms with E-state index in [9.17, 15) is 4.79 Å². The van der Waals surface area contributed by atoms with E-state index in [0.29, 0.717) is 10.9 Å². The maximum atomic E-state index is 12.0. The highest BCUT2D eigenvalue weighted by Crippen LogP contribution is 2.23. The van der Waals surface area contributed by atoms with Gasteiger partial charge < -0.3 is 4.57 Å². The third-order valence-electron chi connectivity index (χ3n) is 3.57. The number of nitrogens with zero attached hydrogens (tertiary/aromatic N) is 5. The number of hydrogen-bond acceptors (Lipinski definition) is 6. The van der Waals surface area contributed by atoms with Crippen molar-refractivity contribution in [2.75, 3.05) is 5.75 Å². The molecule has 0 spiro atoms. The van der Waals surface area contributed by atoms with Gasteiger partial charge in [0.1, 0.15) is 0 Å². The number of carbonyl (C=O) groups excluding carboxylic acids is 1. The summed E-state index contributed by atoms with van der Waals surface area (Å²) in [5.74, 6) is 0.705. The van der Waals surface area contributed by atoms with Crippen LogP contribution in [0.4, 0.5) is 0 Å². The Bertz CT molecular complexity index is 970. The quantitative estimate of drug-likeness (QED) is 0.358. The molecule has 0 bridgehead atoms. The molecule has 1 N–H and O–H groups in total. The molecule has 0 unspecified atom stereocenters. The monoisotopic (exact) mass is 444 g/mol. The van der Waals surface area contributed by atoms with Gasteiger partial charge in [-0.25, -0.2) is 5.43 Å². The molecule has 0 saturated heterocycles. The van der Waals surface area contributed by atoms with E-state index in [1.807, 2.05) is 61.0 Å². The molecule has 1 aromatic carbocycles. The molecule has 0 saturated carbocycles. The lowest BCUT2D eigenvalue weighted by Gasteiger charge is -2.04. The van der Waals surface area contributed by atoms with Crippen molar-refractivity contribution in [3.8, 4) is 11.4 Å². The topological polar surface area (TPSA) is 85.1 Å². The summed E-state index contributed by atoms with van der Waals surface area (Å²) in [6, 6.07) is 13.4. The normalized spacial score (nSPS) is 11.1. The highest BCUT2D eigenvalue weighted by atomic mass is 79.9. The second-order valence-corrected chi connectivity index (χ2v) is 7.52. The predicted octanol–water partition coefficient (Wildman–Crippen LogP) is 3.19. The second kappa shape index (κ2) is 8.92. The number of aromatic nitrogens is 4. The summed E-state index contributed by atoms with van der Waals surface area (Å²) >= 11 is 4.72. The number of hydrogen-bond donors (Lipinski definition) is 1. The fourth-order valence-corrected chi connectivity index (χ4v) is 3.23. The summed E-state index contributed by atoms with van der Waals surface area (Å²) < 4.78 is 2.86. The molecule has 0 aliphatic carbocycles. The van der Waals surface area contributed by atoms with Crippen LogP contribution in [0.5, 0.6) is 0 Å². The molecule has 27 heavy (non-hydrogen) atoms. The van der Waals surface area contributed by atoms with Crippen LogP contribution in [0.3, 0.4) is 0 Å². The van der Waals surface area contributed by atoms with Crippen molar-refractivity contribution in [1.82, 2.24) is 25.2 Å². The van der Waals surface area contributed by atoms with Crippen molar-refractivity contribution in [1.29, 1.82) is 0 Å². The summed E-state index contributed by atoms with van der Waals surface area (Å²) in [5, 5.41) is 13.0. The first-order chi connectivity index (χ1) is 13.0. The highest BCUT2D eigenvalue weighted by Gasteiger charge is 2.12. The Morgan fingerprint density at radius 3 is 2.78 bits per heavy atom. The molecule has 0 fully saturated rings. The van der Waals surface area contributed by atoms with E-state index < -0.39 is 0 Å². The summed E-state index contributed by atoms with van der Waals surface area (Å²) in [6.45, 7) is 1.90. The van der Waals surface area contributed by atoms with Crippen molar-refractivity contribution in [2.24, 2.45) is 12.1 Å². The molecule has 3 rings (SSSR count). The summed E-state index contributed by atoms with van der Waals surface area (Å²) in [6.07, 6.45) is 1.52. The van der Waals surface area contributed by atoms with E-state index in [2.05, 4.69) is 41.6 Å². The fraction of sp³-hybridized carbons (Fsp3) is 0.167. The Kier molecular flexibility index (Phi) is 6.36. The van der Waals surface area contributed by atoms with Crippen LogP contribution in [0.15, 0.2) is 57.2 Å². The first kappa shape index (κ1) is 19.2. The lowest BCUT2D eigenvalue weighted by Crippen LogP contribution is -2.20. The number of carbonyl (C=O) groups is 1. The molecule has 9 heteroatoms. The standard InChI is InChI=1S/C18H17BrN6OS/c1-12-4-3-5-15(21-12)10-20-22-16(26)11-27-18-24-23-17(25(18)2)13-6-8-14(19)9-7-13/h3-10H,11H2,1-2H3,(H,22,26)/b20-10-. The lowest BCUT2D eigenvalue weighted by molar-refractivity contribution is -0.118. The van der Waals surface area contributed by atoms with Gasteiger partial charge in [0.2, 0.25) is 0 Å². The van der Waals surface area contributed by atoms with Crippen LogP contribution in [0.1, 0.15) is 11.4 Å². The third kappa shape index (κ3) is 5.24. The van der Waals surface area contributed by atoms with Crippen LogP contribution in [0.2, 0.25) is 0 Å². The molecule has 0 atom stereocenters. The lowest BCUT2D eigenvalue weighted by atomic mass is 10.2. The Balaban J connectivity index is 1.55. The zero-order valence-electron chi connectivity index (χ0n) is 14.8. The van der Waals surface area contributed by atoms with Crippen LogP contribution < -0.4 is 5.43 Å². The van der Waals surface area contributed by atoms with E-state index in [0.717, 1.165) is 21.6 Å². The summed E-state index contributed by atoms with van der Waals surface area (Å²) in [7, 11) is 1.87. The van der Waals surface area contributed by atoms with Crippen LogP contribution >= 0.6 is 27.7 Å². The van der Waals surface area contributed by atoms with Gasteiger partial charge in [0.15, 0.2) is 11.0 Å². The van der Waals surface area contributed by atoms with Crippen molar-refractivity contribution in [2.45, 2.75) is 12.1 Å². The number of thioether (sulfide) groups is 1. The number of hydrazone groups is 1.